The van der Waals surface area contributed by atoms with E-state index in [1.165, 1.54) is 12.8 Å². The molecule has 0 spiro atoms. The van der Waals surface area contributed by atoms with Gasteiger partial charge in [-0.2, -0.15) is 4.98 Å². The molecule has 3 aromatic rings. The number of hydrogen-bond donors (Lipinski definition) is 1. The van der Waals surface area contributed by atoms with Crippen LogP contribution in [0.2, 0.25) is 0 Å². The molecule has 7 nitrogen and oxygen atoms in total. The van der Waals surface area contributed by atoms with E-state index < -0.39 is 0 Å². The lowest BCUT2D eigenvalue weighted by Crippen LogP contribution is -2.37. The molecule has 2 aliphatic rings. The molecule has 5 rings (SSSR count). The first-order valence-electron chi connectivity index (χ1n) is 11.4. The summed E-state index contributed by atoms with van der Waals surface area (Å²) < 4.78 is 2.27. The van der Waals surface area contributed by atoms with Gasteiger partial charge in [-0.25, -0.2) is 9.97 Å². The van der Waals surface area contributed by atoms with Crippen molar-refractivity contribution in [3.63, 3.8) is 0 Å². The molecule has 1 aliphatic heterocycles. The highest BCUT2D eigenvalue weighted by atomic mass is 16.2. The van der Waals surface area contributed by atoms with Gasteiger partial charge in [0, 0.05) is 38.2 Å². The maximum Gasteiger partial charge on any atom is 0.225 e. The number of carbonyl (C=O) groups is 1. The SMILES string of the molecule is CC(=O)N1CCC(CCn2c(-c3ccccc3)nc3c(C)nc(NC4CC4)nc32)CC1. The number of likely N-dealkylation sites (tertiary alicyclic amines) is 1. The van der Waals surface area contributed by atoms with Gasteiger partial charge in [0.25, 0.3) is 0 Å². The fourth-order valence-corrected chi connectivity index (χ4v) is 4.48. The van der Waals surface area contributed by atoms with E-state index in [0.717, 1.165) is 67.1 Å². The third-order valence-electron chi connectivity index (χ3n) is 6.53. The minimum absolute atomic E-state index is 0.188. The van der Waals surface area contributed by atoms with Gasteiger partial charge < -0.3 is 14.8 Å². The maximum atomic E-state index is 11.6. The molecular weight excluding hydrogens is 388 g/mol. The predicted octanol–water partition coefficient (Wildman–Crippen LogP) is 4.02. The number of carbonyl (C=O) groups excluding carboxylic acids is 1. The second-order valence-corrected chi connectivity index (χ2v) is 8.91. The van der Waals surface area contributed by atoms with E-state index in [1.807, 2.05) is 17.9 Å². The van der Waals surface area contributed by atoms with Crippen LogP contribution in [0, 0.1) is 12.8 Å². The van der Waals surface area contributed by atoms with Crippen LogP contribution in [0.4, 0.5) is 5.95 Å². The lowest BCUT2D eigenvalue weighted by molar-refractivity contribution is -0.130. The zero-order chi connectivity index (χ0) is 21.4. The number of nitrogens with one attached hydrogen (secondary N) is 1. The number of imidazole rings is 1. The van der Waals surface area contributed by atoms with E-state index in [0.29, 0.717) is 17.9 Å². The van der Waals surface area contributed by atoms with Gasteiger partial charge in [-0.1, -0.05) is 30.3 Å². The van der Waals surface area contributed by atoms with Crippen LogP contribution in [0.5, 0.6) is 0 Å². The molecule has 1 amide bonds. The summed E-state index contributed by atoms with van der Waals surface area (Å²) in [5.74, 6) is 2.47. The summed E-state index contributed by atoms with van der Waals surface area (Å²) in [5.41, 5.74) is 3.81. The Labute approximate surface area is 182 Å². The molecule has 7 heteroatoms. The number of benzene rings is 1. The maximum absolute atomic E-state index is 11.6. The number of piperidine rings is 1. The number of hydrogen-bond acceptors (Lipinski definition) is 5. The highest BCUT2D eigenvalue weighted by Crippen LogP contribution is 2.30. The largest absolute Gasteiger partial charge is 0.351 e. The predicted molar refractivity (Wildman–Crippen MR) is 122 cm³/mol. The molecule has 2 fully saturated rings. The van der Waals surface area contributed by atoms with Crippen molar-refractivity contribution in [2.75, 3.05) is 18.4 Å². The topological polar surface area (TPSA) is 75.9 Å². The standard InChI is InChI=1S/C24H30N6O/c1-16-21-23(28-24(25-16)26-20-8-9-20)30(22(27-21)19-6-4-3-5-7-19)15-12-18-10-13-29(14-11-18)17(2)31/h3-7,18,20H,8-15H2,1-2H3,(H,25,26,28). The van der Waals surface area contributed by atoms with Crippen molar-refractivity contribution in [3.05, 3.63) is 36.0 Å². The van der Waals surface area contributed by atoms with Crippen molar-refractivity contribution < 1.29 is 4.79 Å². The summed E-state index contributed by atoms with van der Waals surface area (Å²) >= 11 is 0. The van der Waals surface area contributed by atoms with Gasteiger partial charge in [0.15, 0.2) is 5.65 Å². The molecule has 1 aromatic carbocycles. The second kappa shape index (κ2) is 8.29. The Balaban J connectivity index is 1.45. The summed E-state index contributed by atoms with van der Waals surface area (Å²) in [6.07, 6.45) is 5.57. The molecule has 162 valence electrons. The highest BCUT2D eigenvalue weighted by molar-refractivity contribution is 5.80. The molecule has 0 atom stereocenters. The van der Waals surface area contributed by atoms with E-state index in [-0.39, 0.29) is 5.91 Å². The average Bonchev–Trinajstić information content (AvgIpc) is 3.51. The normalized spacial score (nSPS) is 17.3. The van der Waals surface area contributed by atoms with Gasteiger partial charge in [-0.05, 0) is 44.9 Å². The Morgan fingerprint density at radius 3 is 2.48 bits per heavy atom. The number of aryl methyl sites for hydroxylation is 2. The van der Waals surface area contributed by atoms with Gasteiger partial charge in [0.2, 0.25) is 11.9 Å². The van der Waals surface area contributed by atoms with E-state index in [1.54, 1.807) is 6.92 Å². The summed E-state index contributed by atoms with van der Waals surface area (Å²) in [4.78, 5) is 28.1. The van der Waals surface area contributed by atoms with Crippen molar-refractivity contribution in [1.82, 2.24) is 24.4 Å². The van der Waals surface area contributed by atoms with Crippen LogP contribution in [0.15, 0.2) is 30.3 Å². The van der Waals surface area contributed by atoms with Gasteiger partial charge in [-0.15, -0.1) is 0 Å². The van der Waals surface area contributed by atoms with Crippen molar-refractivity contribution in [1.29, 1.82) is 0 Å². The molecule has 0 unspecified atom stereocenters. The monoisotopic (exact) mass is 418 g/mol. The smallest absolute Gasteiger partial charge is 0.225 e. The number of amides is 1. The number of rotatable bonds is 6. The van der Waals surface area contributed by atoms with Crippen LogP contribution >= 0.6 is 0 Å². The second-order valence-electron chi connectivity index (χ2n) is 8.91. The first-order valence-corrected chi connectivity index (χ1v) is 11.4. The van der Waals surface area contributed by atoms with E-state index in [2.05, 4.69) is 39.1 Å². The van der Waals surface area contributed by atoms with Gasteiger partial charge >= 0.3 is 0 Å². The van der Waals surface area contributed by atoms with Crippen molar-refractivity contribution in [3.8, 4) is 11.4 Å². The van der Waals surface area contributed by atoms with E-state index in [9.17, 15) is 4.79 Å². The van der Waals surface area contributed by atoms with Crippen LogP contribution in [0.3, 0.4) is 0 Å². The van der Waals surface area contributed by atoms with E-state index in [4.69, 9.17) is 9.97 Å². The van der Waals surface area contributed by atoms with Crippen LogP contribution in [-0.4, -0.2) is 49.5 Å². The lowest BCUT2D eigenvalue weighted by atomic mass is 9.93. The molecule has 1 N–H and O–H groups in total. The zero-order valence-corrected chi connectivity index (χ0v) is 18.3. The highest BCUT2D eigenvalue weighted by Gasteiger charge is 2.25. The zero-order valence-electron chi connectivity index (χ0n) is 18.3. The third kappa shape index (κ3) is 4.27. The molecule has 1 saturated carbocycles. The number of nitrogens with zero attached hydrogens (tertiary/aromatic N) is 5. The molecule has 31 heavy (non-hydrogen) atoms. The number of aromatic nitrogens is 4. The van der Waals surface area contributed by atoms with Crippen LogP contribution < -0.4 is 5.32 Å². The Bertz CT molecular complexity index is 1080. The fraction of sp³-hybridized carbons (Fsp3) is 0.500. The van der Waals surface area contributed by atoms with E-state index >= 15 is 0 Å². The van der Waals surface area contributed by atoms with Crippen LogP contribution in [-0.2, 0) is 11.3 Å². The lowest BCUT2D eigenvalue weighted by Gasteiger charge is -2.31. The molecule has 2 aromatic heterocycles. The molecule has 0 bridgehead atoms. The van der Waals surface area contributed by atoms with Gasteiger partial charge in [0.05, 0.1) is 5.69 Å². The first kappa shape index (κ1) is 20.0. The summed E-state index contributed by atoms with van der Waals surface area (Å²) in [5, 5.41) is 3.45. The van der Waals surface area contributed by atoms with Crippen LogP contribution in [0.25, 0.3) is 22.6 Å². The number of fused-ring (bicyclic) bond motifs is 1. The van der Waals surface area contributed by atoms with Crippen molar-refractivity contribution in [2.24, 2.45) is 5.92 Å². The summed E-state index contributed by atoms with van der Waals surface area (Å²) in [7, 11) is 0. The fourth-order valence-electron chi connectivity index (χ4n) is 4.48. The molecule has 0 radical (unpaired) electrons. The van der Waals surface area contributed by atoms with Gasteiger partial charge in [0.1, 0.15) is 11.3 Å². The van der Waals surface area contributed by atoms with Crippen LogP contribution in [0.1, 0.15) is 44.7 Å². The molecule has 1 aliphatic carbocycles. The minimum atomic E-state index is 0.188. The first-order chi connectivity index (χ1) is 15.1. The molecule has 3 heterocycles. The van der Waals surface area contributed by atoms with Gasteiger partial charge in [-0.3, -0.25) is 4.79 Å². The third-order valence-corrected chi connectivity index (χ3v) is 6.53. The molecule has 1 saturated heterocycles. The average molecular weight is 419 g/mol. The quantitative estimate of drug-likeness (QED) is 0.654. The summed E-state index contributed by atoms with van der Waals surface area (Å²) in [6.45, 7) is 6.29. The van der Waals surface area contributed by atoms with Crippen molar-refractivity contribution >= 4 is 23.0 Å². The summed E-state index contributed by atoms with van der Waals surface area (Å²) in [6, 6.07) is 10.9. The Hall–Kier alpha value is -2.96. The van der Waals surface area contributed by atoms with Crippen molar-refractivity contribution in [2.45, 2.75) is 58.5 Å². The number of anilines is 1. The molecular formula is C24H30N6O. The Morgan fingerprint density at radius 1 is 1.06 bits per heavy atom. The minimum Gasteiger partial charge on any atom is -0.351 e. The Morgan fingerprint density at radius 2 is 1.81 bits per heavy atom. The Kier molecular flexibility index (Phi) is 5.34.